The van der Waals surface area contributed by atoms with Crippen LogP contribution in [0.1, 0.15) is 142 Å². The monoisotopic (exact) mass is 887 g/mol. The van der Waals surface area contributed by atoms with E-state index in [0.29, 0.717) is 19.4 Å². The molecular formula is C34H68NO19P3. The van der Waals surface area contributed by atoms with Gasteiger partial charge in [0, 0.05) is 12.8 Å². The number of hydrogen-bond donors (Lipinski definition) is 9. The van der Waals surface area contributed by atoms with Gasteiger partial charge in [0.1, 0.15) is 43.2 Å². The third-order valence-electron chi connectivity index (χ3n) is 9.26. The number of ether oxygens (including phenoxy) is 2. The van der Waals surface area contributed by atoms with Crippen molar-refractivity contribution in [3.8, 4) is 0 Å². The average Bonchev–Trinajstić information content (AvgIpc) is 3.12. The molecule has 0 aliphatic heterocycles. The van der Waals surface area contributed by atoms with E-state index in [-0.39, 0.29) is 12.8 Å². The van der Waals surface area contributed by atoms with Gasteiger partial charge in [0.2, 0.25) is 0 Å². The quantitative estimate of drug-likeness (QED) is 0.0249. The molecule has 0 bridgehead atoms. The molecule has 8 atom stereocenters. The minimum Gasteiger partial charge on any atom is -0.462 e. The summed E-state index contributed by atoms with van der Waals surface area (Å²) >= 11 is 0. The summed E-state index contributed by atoms with van der Waals surface area (Å²) in [6.45, 7) is 1.31. The lowest BCUT2D eigenvalue weighted by atomic mass is 9.85. The SMILES string of the molecule is CCCCCCCCCCCCCCCC(=O)O[C@H](COC(=O)CCCCCCCCN)COP(=O)(O)OC1C(O)[C@H](O)C(OP(=O)(O)O)[C@H](OP(=O)(O)O)[C@@H]1O. The molecule has 0 aromatic heterocycles. The molecule has 0 spiro atoms. The lowest BCUT2D eigenvalue weighted by molar-refractivity contribution is -0.213. The molecule has 0 aromatic carbocycles. The number of rotatable bonds is 34. The van der Waals surface area contributed by atoms with Crippen molar-refractivity contribution in [1.82, 2.24) is 0 Å². The maximum Gasteiger partial charge on any atom is 0.472 e. The van der Waals surface area contributed by atoms with Crippen LogP contribution < -0.4 is 5.73 Å². The van der Waals surface area contributed by atoms with E-state index >= 15 is 0 Å². The summed E-state index contributed by atoms with van der Waals surface area (Å²) < 4.78 is 64.9. The number of phosphoric ester groups is 3. The van der Waals surface area contributed by atoms with Gasteiger partial charge in [-0.1, -0.05) is 110 Å². The van der Waals surface area contributed by atoms with Crippen molar-refractivity contribution in [1.29, 1.82) is 0 Å². The standard InChI is InChI=1S/C34H68NO19P3/c1-2-3-4-5-6-7-8-9-10-11-12-16-19-22-28(37)51-26(24-49-27(36)21-18-15-13-14-17-20-23-35)25-50-57(47,48)54-32-29(38)30(39)33(52-55(41,42)43)34(31(32)40)53-56(44,45)46/h26,29-34,38-40H,2-25,35H2,1H3,(H,47,48)(H2,41,42,43)(H2,44,45,46)/t26-,29?,30+,31-,32?,33?,34-/m1/s1. The summed E-state index contributed by atoms with van der Waals surface area (Å²) in [6.07, 6.45) is 3.04. The smallest absolute Gasteiger partial charge is 0.462 e. The Morgan fingerprint density at radius 2 is 0.947 bits per heavy atom. The van der Waals surface area contributed by atoms with E-state index in [1.807, 2.05) is 0 Å². The van der Waals surface area contributed by atoms with Crippen LogP contribution in [0.5, 0.6) is 0 Å². The van der Waals surface area contributed by atoms with Crippen LogP contribution >= 0.6 is 23.5 Å². The number of nitrogens with two attached hydrogens (primary N) is 1. The highest BCUT2D eigenvalue weighted by molar-refractivity contribution is 7.47. The molecule has 0 saturated heterocycles. The zero-order chi connectivity index (χ0) is 42.9. The maximum absolute atomic E-state index is 13.0. The molecule has 0 heterocycles. The van der Waals surface area contributed by atoms with Crippen LogP contribution in [0.3, 0.4) is 0 Å². The molecule has 1 rings (SSSR count). The Kier molecular flexibility index (Phi) is 27.9. The lowest BCUT2D eigenvalue weighted by Crippen LogP contribution is -2.65. The summed E-state index contributed by atoms with van der Waals surface area (Å²) in [4.78, 5) is 72.5. The predicted molar refractivity (Wildman–Crippen MR) is 205 cm³/mol. The largest absolute Gasteiger partial charge is 0.472 e. The van der Waals surface area contributed by atoms with Gasteiger partial charge in [0.15, 0.2) is 6.10 Å². The Morgan fingerprint density at radius 3 is 1.40 bits per heavy atom. The molecule has 0 radical (unpaired) electrons. The number of hydrogen-bond acceptors (Lipinski definition) is 15. The van der Waals surface area contributed by atoms with E-state index in [9.17, 15) is 63.1 Å². The van der Waals surface area contributed by atoms with Gasteiger partial charge in [-0.15, -0.1) is 0 Å². The first-order chi connectivity index (χ1) is 26.8. The van der Waals surface area contributed by atoms with E-state index in [1.54, 1.807) is 0 Å². The molecule has 20 nitrogen and oxygen atoms in total. The van der Waals surface area contributed by atoms with Crippen molar-refractivity contribution in [2.45, 2.75) is 184 Å². The van der Waals surface area contributed by atoms with Crippen molar-refractivity contribution in [2.75, 3.05) is 19.8 Å². The molecule has 0 aromatic rings. The number of carbonyl (C=O) groups excluding carboxylic acids is 2. The first kappa shape index (κ1) is 54.1. The summed E-state index contributed by atoms with van der Waals surface area (Å²) in [5, 5.41) is 31.7. The third kappa shape index (κ3) is 26.1. The Labute approximate surface area is 335 Å². The highest BCUT2D eigenvalue weighted by Crippen LogP contribution is 2.51. The number of aliphatic hydroxyl groups excluding tert-OH is 3. The van der Waals surface area contributed by atoms with Gasteiger partial charge < -0.3 is 55.0 Å². The van der Waals surface area contributed by atoms with Crippen LogP contribution in [0, 0.1) is 0 Å². The Morgan fingerprint density at radius 1 is 0.544 bits per heavy atom. The fourth-order valence-corrected chi connectivity index (χ4v) is 8.34. The molecule has 1 aliphatic carbocycles. The Hall–Kier alpha value is -0.890. The zero-order valence-electron chi connectivity index (χ0n) is 33.0. The Bertz CT molecular complexity index is 1250. The van der Waals surface area contributed by atoms with Crippen molar-refractivity contribution < 1.29 is 90.6 Å². The highest BCUT2D eigenvalue weighted by Gasteiger charge is 2.56. The van der Waals surface area contributed by atoms with Crippen molar-refractivity contribution in [3.05, 3.63) is 0 Å². The number of carbonyl (C=O) groups is 2. The number of aliphatic hydroxyl groups is 3. The van der Waals surface area contributed by atoms with E-state index in [0.717, 1.165) is 64.2 Å². The van der Waals surface area contributed by atoms with Crippen LogP contribution in [0.15, 0.2) is 0 Å². The highest BCUT2D eigenvalue weighted by atomic mass is 31.2. The van der Waals surface area contributed by atoms with Crippen LogP contribution in [0.2, 0.25) is 0 Å². The van der Waals surface area contributed by atoms with E-state index < -0.39 is 91.3 Å². The average molecular weight is 888 g/mol. The van der Waals surface area contributed by atoms with Gasteiger partial charge in [-0.2, -0.15) is 0 Å². The molecule has 338 valence electrons. The summed E-state index contributed by atoms with van der Waals surface area (Å²) in [5.74, 6) is -1.33. The molecule has 0 amide bonds. The van der Waals surface area contributed by atoms with Crippen LogP contribution in [0.4, 0.5) is 0 Å². The second-order valence-corrected chi connectivity index (χ2v) is 18.2. The molecule has 1 aliphatic rings. The summed E-state index contributed by atoms with van der Waals surface area (Å²) in [7, 11) is -16.6. The van der Waals surface area contributed by atoms with E-state index in [1.165, 1.54) is 44.9 Å². The van der Waals surface area contributed by atoms with Crippen molar-refractivity contribution >= 4 is 35.4 Å². The second-order valence-electron chi connectivity index (χ2n) is 14.4. The number of unbranched alkanes of at least 4 members (excludes halogenated alkanes) is 17. The van der Waals surface area contributed by atoms with Crippen LogP contribution in [-0.4, -0.2) is 114 Å². The molecule has 57 heavy (non-hydrogen) atoms. The van der Waals surface area contributed by atoms with Gasteiger partial charge in [-0.25, -0.2) is 13.7 Å². The van der Waals surface area contributed by atoms with Crippen molar-refractivity contribution in [2.24, 2.45) is 5.73 Å². The second kappa shape index (κ2) is 29.4. The van der Waals surface area contributed by atoms with E-state index in [2.05, 4.69) is 16.0 Å². The fourth-order valence-electron chi connectivity index (χ4n) is 6.24. The van der Waals surface area contributed by atoms with Gasteiger partial charge in [0.05, 0.1) is 6.61 Å². The topological polar surface area (TPSA) is 329 Å². The predicted octanol–water partition coefficient (Wildman–Crippen LogP) is 4.17. The minimum atomic E-state index is -5.59. The van der Waals surface area contributed by atoms with Crippen LogP contribution in [0.25, 0.3) is 0 Å². The van der Waals surface area contributed by atoms with Gasteiger partial charge in [0.25, 0.3) is 0 Å². The first-order valence-corrected chi connectivity index (χ1v) is 24.6. The van der Waals surface area contributed by atoms with Gasteiger partial charge in [-0.05, 0) is 25.8 Å². The number of esters is 2. The van der Waals surface area contributed by atoms with Gasteiger partial charge in [-0.3, -0.25) is 27.7 Å². The minimum absolute atomic E-state index is 0.00317. The first-order valence-electron chi connectivity index (χ1n) is 20.0. The normalized spacial score (nSPS) is 23.2. The van der Waals surface area contributed by atoms with Crippen LogP contribution in [-0.2, 0) is 50.9 Å². The van der Waals surface area contributed by atoms with Crippen molar-refractivity contribution in [3.63, 3.8) is 0 Å². The molecule has 1 saturated carbocycles. The summed E-state index contributed by atoms with van der Waals surface area (Å²) in [6, 6.07) is 0. The molecule has 10 N–H and O–H groups in total. The number of phosphoric acid groups is 3. The van der Waals surface area contributed by atoms with Gasteiger partial charge >= 0.3 is 35.4 Å². The summed E-state index contributed by atoms with van der Waals surface area (Å²) in [5.41, 5.74) is 5.49. The molecular weight excluding hydrogens is 819 g/mol. The molecule has 23 heteroatoms. The van der Waals surface area contributed by atoms with E-state index in [4.69, 9.17) is 24.3 Å². The zero-order valence-corrected chi connectivity index (χ0v) is 35.7. The maximum atomic E-state index is 13.0. The molecule has 1 fully saturated rings. The third-order valence-corrected chi connectivity index (χ3v) is 11.3. The Balaban J connectivity index is 2.81. The lowest BCUT2D eigenvalue weighted by Gasteiger charge is -2.44. The molecule has 4 unspecified atom stereocenters. The fraction of sp³-hybridized carbons (Fsp3) is 0.941.